The molecule has 5 nitrogen and oxygen atoms in total. The minimum Gasteiger partial charge on any atom is -0.489 e. The van der Waals surface area contributed by atoms with Gasteiger partial charge in [-0.3, -0.25) is 0 Å². The highest BCUT2D eigenvalue weighted by Crippen LogP contribution is 2.52. The molecule has 0 saturated heterocycles. The maximum atomic E-state index is 12.3. The topological polar surface area (TPSA) is 68.9 Å². The molecule has 158 valence electrons. The van der Waals surface area contributed by atoms with Crippen molar-refractivity contribution in [3.8, 4) is 11.5 Å². The van der Waals surface area contributed by atoms with Crippen LogP contribution in [0.5, 0.6) is 11.5 Å². The Bertz CT molecular complexity index is 999. The van der Waals surface area contributed by atoms with E-state index in [2.05, 4.69) is 6.92 Å². The van der Waals surface area contributed by atoms with Gasteiger partial charge < -0.3 is 19.0 Å². The number of hydrogen-bond donors (Lipinski definition) is 1. The van der Waals surface area contributed by atoms with Gasteiger partial charge in [0.05, 0.1) is 22.6 Å². The highest BCUT2D eigenvalue weighted by molar-refractivity contribution is 5.97. The first kappa shape index (κ1) is 21.4. The fourth-order valence-corrected chi connectivity index (χ4v) is 3.98. The smallest absolute Gasteiger partial charge is 0.336 e. The molecule has 0 saturated carbocycles. The zero-order valence-corrected chi connectivity index (χ0v) is 18.5. The maximum Gasteiger partial charge on any atom is 0.336 e. The van der Waals surface area contributed by atoms with Crippen molar-refractivity contribution >= 4 is 17.0 Å². The second kappa shape index (κ2) is 7.86. The molecule has 3 atom stereocenters. The highest BCUT2D eigenvalue weighted by atomic mass is 16.5. The van der Waals surface area contributed by atoms with Gasteiger partial charge in [-0.2, -0.15) is 0 Å². The van der Waals surface area contributed by atoms with Crippen LogP contribution in [-0.2, 0) is 6.42 Å². The molecule has 0 aliphatic carbocycles. The number of fused-ring (bicyclic) bond motifs is 6. The Hall–Kier alpha value is -2.27. The first-order chi connectivity index (χ1) is 13.7. The predicted octanol–water partition coefficient (Wildman–Crippen LogP) is 5.41. The van der Waals surface area contributed by atoms with Crippen molar-refractivity contribution in [2.75, 3.05) is 0 Å². The Morgan fingerprint density at radius 2 is 1.86 bits per heavy atom. The minimum absolute atomic E-state index is 0.121. The molecule has 0 amide bonds. The summed E-state index contributed by atoms with van der Waals surface area (Å²) in [6.45, 7) is 13.9. The molecule has 1 aromatic heterocycles. The fourth-order valence-electron chi connectivity index (χ4n) is 3.98. The molecule has 1 N–H and O–H groups in total. The van der Waals surface area contributed by atoms with Crippen LogP contribution in [0.15, 0.2) is 21.4 Å². The summed E-state index contributed by atoms with van der Waals surface area (Å²) in [6.07, 6.45) is 4.65. The zero-order chi connectivity index (χ0) is 21.5. The lowest BCUT2D eigenvalue weighted by atomic mass is 9.85. The third-order valence-electron chi connectivity index (χ3n) is 5.62. The van der Waals surface area contributed by atoms with E-state index in [1.165, 1.54) is 6.07 Å². The molecular formula is C24H32O5. The van der Waals surface area contributed by atoms with Crippen LogP contribution in [0.3, 0.4) is 0 Å². The van der Waals surface area contributed by atoms with E-state index in [1.807, 2.05) is 53.7 Å². The molecule has 2 aliphatic rings. The van der Waals surface area contributed by atoms with Crippen molar-refractivity contribution in [1.29, 1.82) is 0 Å². The summed E-state index contributed by atoms with van der Waals surface area (Å²) in [7, 11) is 0. The summed E-state index contributed by atoms with van der Waals surface area (Å²) >= 11 is 0. The number of hydrogen-bond acceptors (Lipinski definition) is 5. The lowest BCUT2D eigenvalue weighted by Crippen LogP contribution is -2.34. The zero-order valence-electron chi connectivity index (χ0n) is 18.5. The van der Waals surface area contributed by atoms with E-state index in [4.69, 9.17) is 13.9 Å². The van der Waals surface area contributed by atoms with Gasteiger partial charge in [-0.25, -0.2) is 4.79 Å². The number of aliphatic hydroxyl groups is 1. The number of rotatable bonds is 2. The number of aryl methyl sites for hydroxylation is 1. The molecule has 0 fully saturated rings. The van der Waals surface area contributed by atoms with E-state index in [-0.39, 0.29) is 12.0 Å². The summed E-state index contributed by atoms with van der Waals surface area (Å²) in [5.41, 5.74) is 1.72. The second-order valence-corrected chi connectivity index (χ2v) is 8.20. The number of aliphatic hydroxyl groups excluding tert-OH is 1. The summed E-state index contributed by atoms with van der Waals surface area (Å²) in [5, 5.41) is 11.8. The SMILES string of the molecule is CC.CCCc1cc(=O)oc2c3c(c4c(c12)OC(C)(C)C=C4)O[C@@H](C)C(C)C3O. The van der Waals surface area contributed by atoms with Gasteiger partial charge in [0.2, 0.25) is 0 Å². The van der Waals surface area contributed by atoms with E-state index >= 15 is 0 Å². The molecule has 0 spiro atoms. The quantitative estimate of drug-likeness (QED) is 0.683. The van der Waals surface area contributed by atoms with E-state index in [1.54, 1.807) is 0 Å². The van der Waals surface area contributed by atoms with Crippen LogP contribution in [-0.4, -0.2) is 16.8 Å². The molecule has 0 bridgehead atoms. The van der Waals surface area contributed by atoms with Crippen molar-refractivity contribution in [3.63, 3.8) is 0 Å². The van der Waals surface area contributed by atoms with E-state index < -0.39 is 17.3 Å². The first-order valence-corrected chi connectivity index (χ1v) is 10.6. The normalized spacial score (nSPS) is 23.9. The second-order valence-electron chi connectivity index (χ2n) is 8.20. The molecule has 1 aromatic carbocycles. The minimum atomic E-state index is -0.778. The van der Waals surface area contributed by atoms with E-state index in [0.717, 1.165) is 29.4 Å². The largest absolute Gasteiger partial charge is 0.489 e. The molecule has 5 heteroatoms. The Balaban J connectivity index is 0.00000117. The van der Waals surface area contributed by atoms with Gasteiger partial charge in [-0.05, 0) is 44.9 Å². The van der Waals surface area contributed by atoms with Crippen LogP contribution in [0.1, 0.15) is 77.7 Å². The van der Waals surface area contributed by atoms with E-state index in [0.29, 0.717) is 22.6 Å². The van der Waals surface area contributed by atoms with Crippen molar-refractivity contribution < 1.29 is 19.0 Å². The molecular weight excluding hydrogens is 368 g/mol. The molecule has 2 aliphatic heterocycles. The third kappa shape index (κ3) is 3.57. The molecule has 4 rings (SSSR count). The number of ether oxygens (including phenoxy) is 2. The van der Waals surface area contributed by atoms with E-state index in [9.17, 15) is 9.90 Å². The van der Waals surface area contributed by atoms with Crippen LogP contribution in [0.4, 0.5) is 0 Å². The lowest BCUT2D eigenvalue weighted by Gasteiger charge is -2.37. The first-order valence-electron chi connectivity index (χ1n) is 10.6. The summed E-state index contributed by atoms with van der Waals surface area (Å²) in [4.78, 5) is 12.3. The van der Waals surface area contributed by atoms with Crippen LogP contribution < -0.4 is 15.1 Å². The van der Waals surface area contributed by atoms with Crippen LogP contribution in [0.2, 0.25) is 0 Å². The van der Waals surface area contributed by atoms with Crippen LogP contribution >= 0.6 is 0 Å². The Labute approximate surface area is 172 Å². The van der Waals surface area contributed by atoms with Gasteiger partial charge in [0, 0.05) is 12.0 Å². The average Bonchev–Trinajstić information content (AvgIpc) is 2.66. The predicted molar refractivity (Wildman–Crippen MR) is 116 cm³/mol. The van der Waals surface area contributed by atoms with Crippen molar-refractivity contribution in [1.82, 2.24) is 0 Å². The van der Waals surface area contributed by atoms with Gasteiger partial charge in [-0.1, -0.05) is 34.1 Å². The fraction of sp³-hybridized carbons (Fsp3) is 0.542. The molecule has 29 heavy (non-hydrogen) atoms. The molecule has 2 unspecified atom stereocenters. The van der Waals surface area contributed by atoms with Crippen LogP contribution in [0.25, 0.3) is 17.0 Å². The van der Waals surface area contributed by atoms with Gasteiger partial charge in [0.25, 0.3) is 0 Å². The maximum absolute atomic E-state index is 12.3. The van der Waals surface area contributed by atoms with Crippen molar-refractivity contribution in [3.05, 3.63) is 39.3 Å². The van der Waals surface area contributed by atoms with Gasteiger partial charge in [0.15, 0.2) is 5.58 Å². The number of benzene rings is 1. The third-order valence-corrected chi connectivity index (χ3v) is 5.62. The standard InChI is InChI=1S/C22H26O5.C2H6/c1-6-7-13-10-15(23)26-21-16(13)20-14(8-9-22(4,5)27-20)19-17(21)18(24)11(2)12(3)25-19;1-2/h8-12,18,24H,6-7H2,1-5H3;1-2H3/t11?,12-,18?;/m0./s1. The van der Waals surface area contributed by atoms with Gasteiger partial charge >= 0.3 is 5.63 Å². The Morgan fingerprint density at radius 1 is 1.17 bits per heavy atom. The van der Waals surface area contributed by atoms with Gasteiger partial charge in [-0.15, -0.1) is 0 Å². The lowest BCUT2D eigenvalue weighted by molar-refractivity contribution is 0.0173. The Kier molecular flexibility index (Phi) is 5.81. The molecule has 3 heterocycles. The average molecular weight is 401 g/mol. The van der Waals surface area contributed by atoms with Crippen LogP contribution in [0, 0.1) is 5.92 Å². The Morgan fingerprint density at radius 3 is 2.52 bits per heavy atom. The molecule has 0 radical (unpaired) electrons. The monoisotopic (exact) mass is 400 g/mol. The summed E-state index contributed by atoms with van der Waals surface area (Å²) < 4.78 is 18.1. The summed E-state index contributed by atoms with van der Waals surface area (Å²) in [5.74, 6) is 1.10. The molecule has 2 aromatic rings. The van der Waals surface area contributed by atoms with Crippen molar-refractivity contribution in [2.45, 2.75) is 79.1 Å². The highest BCUT2D eigenvalue weighted by Gasteiger charge is 2.39. The van der Waals surface area contributed by atoms with Crippen molar-refractivity contribution in [2.24, 2.45) is 5.92 Å². The summed E-state index contributed by atoms with van der Waals surface area (Å²) in [6, 6.07) is 1.54. The van der Waals surface area contributed by atoms with Gasteiger partial charge in [0.1, 0.15) is 23.2 Å².